The number of carbonyl (C=O) groups is 1. The summed E-state index contributed by atoms with van der Waals surface area (Å²) in [7, 11) is -0.853. The van der Waals surface area contributed by atoms with Gasteiger partial charge in [-0.05, 0) is 62.2 Å². The third-order valence-corrected chi connectivity index (χ3v) is 5.55. The summed E-state index contributed by atoms with van der Waals surface area (Å²) in [6.07, 6.45) is 0. The Balaban J connectivity index is 2.16. The molecular formula is C19H24N2O5S. The molecule has 0 aliphatic carbocycles. The molecule has 0 radical (unpaired) electrons. The highest BCUT2D eigenvalue weighted by Gasteiger charge is 2.23. The van der Waals surface area contributed by atoms with E-state index in [0.29, 0.717) is 22.7 Å². The molecule has 1 atom stereocenters. The highest BCUT2D eigenvalue weighted by atomic mass is 32.2. The van der Waals surface area contributed by atoms with Crippen LogP contribution in [0.2, 0.25) is 0 Å². The molecule has 27 heavy (non-hydrogen) atoms. The molecule has 2 aromatic carbocycles. The van der Waals surface area contributed by atoms with Crippen molar-refractivity contribution in [2.75, 3.05) is 19.5 Å². The van der Waals surface area contributed by atoms with E-state index in [4.69, 9.17) is 9.47 Å². The fourth-order valence-corrected chi connectivity index (χ4v) is 3.82. The van der Waals surface area contributed by atoms with Gasteiger partial charge in [0.25, 0.3) is 0 Å². The number of sulfonamides is 1. The summed E-state index contributed by atoms with van der Waals surface area (Å²) >= 11 is 0. The second-order valence-corrected chi connectivity index (χ2v) is 7.88. The maximum Gasteiger partial charge on any atom is 0.242 e. The number of methoxy groups -OCH3 is 2. The first-order valence-corrected chi connectivity index (χ1v) is 9.78. The van der Waals surface area contributed by atoms with E-state index in [2.05, 4.69) is 10.0 Å². The zero-order chi connectivity index (χ0) is 20.2. The van der Waals surface area contributed by atoms with Crippen molar-refractivity contribution >= 4 is 21.6 Å². The first-order chi connectivity index (χ1) is 12.7. The Hall–Kier alpha value is -2.58. The number of carbonyl (C=O) groups excluding carboxylic acids is 1. The molecule has 0 aliphatic rings. The molecule has 0 aliphatic heterocycles. The van der Waals surface area contributed by atoms with Gasteiger partial charge in [0.2, 0.25) is 15.9 Å². The number of ether oxygens (including phenoxy) is 2. The number of nitrogens with one attached hydrogen (secondary N) is 2. The molecule has 2 aromatic rings. The van der Waals surface area contributed by atoms with Crippen molar-refractivity contribution in [3.8, 4) is 11.5 Å². The molecule has 7 nitrogen and oxygen atoms in total. The molecule has 146 valence electrons. The lowest BCUT2D eigenvalue weighted by Crippen LogP contribution is -2.41. The lowest BCUT2D eigenvalue weighted by molar-refractivity contribution is -0.117. The maximum absolute atomic E-state index is 12.6. The predicted molar refractivity (Wildman–Crippen MR) is 104 cm³/mol. The third-order valence-electron chi connectivity index (χ3n) is 4.01. The van der Waals surface area contributed by atoms with Gasteiger partial charge in [-0.15, -0.1) is 0 Å². The summed E-state index contributed by atoms with van der Waals surface area (Å²) in [4.78, 5) is 12.5. The van der Waals surface area contributed by atoms with Gasteiger partial charge in [-0.1, -0.05) is 6.07 Å². The quantitative estimate of drug-likeness (QED) is 0.755. The summed E-state index contributed by atoms with van der Waals surface area (Å²) in [6.45, 7) is 5.11. The smallest absolute Gasteiger partial charge is 0.242 e. The Kier molecular flexibility index (Phi) is 6.45. The monoisotopic (exact) mass is 392 g/mol. The summed E-state index contributed by atoms with van der Waals surface area (Å²) in [5, 5.41) is 2.69. The van der Waals surface area contributed by atoms with Crippen LogP contribution in [-0.4, -0.2) is 34.6 Å². The van der Waals surface area contributed by atoms with Crippen molar-refractivity contribution in [2.45, 2.75) is 31.7 Å². The Labute approximate surface area is 159 Å². The van der Waals surface area contributed by atoms with Crippen molar-refractivity contribution in [1.29, 1.82) is 0 Å². The molecule has 0 bridgehead atoms. The van der Waals surface area contributed by atoms with Crippen LogP contribution < -0.4 is 19.5 Å². The van der Waals surface area contributed by atoms with Gasteiger partial charge in [0.05, 0.1) is 30.8 Å². The van der Waals surface area contributed by atoms with Crippen LogP contribution in [0.5, 0.6) is 11.5 Å². The van der Waals surface area contributed by atoms with Crippen LogP contribution in [0.3, 0.4) is 0 Å². The highest BCUT2D eigenvalue weighted by Crippen LogP contribution is 2.25. The number of aryl methyl sites for hydroxylation is 2. The van der Waals surface area contributed by atoms with E-state index in [0.717, 1.165) is 5.56 Å². The Morgan fingerprint density at radius 2 is 1.63 bits per heavy atom. The Morgan fingerprint density at radius 1 is 1.00 bits per heavy atom. The average molecular weight is 392 g/mol. The number of anilines is 1. The number of hydrogen-bond acceptors (Lipinski definition) is 5. The Morgan fingerprint density at radius 3 is 2.22 bits per heavy atom. The molecule has 1 unspecified atom stereocenters. The van der Waals surface area contributed by atoms with Crippen molar-refractivity contribution in [2.24, 2.45) is 0 Å². The van der Waals surface area contributed by atoms with Crippen LogP contribution in [-0.2, 0) is 14.8 Å². The molecule has 0 saturated carbocycles. The highest BCUT2D eigenvalue weighted by molar-refractivity contribution is 7.89. The second-order valence-electron chi connectivity index (χ2n) is 6.17. The van der Waals surface area contributed by atoms with Crippen LogP contribution in [0.25, 0.3) is 0 Å². The zero-order valence-electron chi connectivity index (χ0n) is 16.0. The minimum atomic E-state index is -3.87. The topological polar surface area (TPSA) is 93.7 Å². The van der Waals surface area contributed by atoms with E-state index in [9.17, 15) is 13.2 Å². The van der Waals surface area contributed by atoms with E-state index < -0.39 is 22.0 Å². The largest absolute Gasteiger partial charge is 0.496 e. The predicted octanol–water partition coefficient (Wildman–Crippen LogP) is 2.63. The second kappa shape index (κ2) is 8.41. The maximum atomic E-state index is 12.6. The number of benzene rings is 2. The van der Waals surface area contributed by atoms with E-state index in [-0.39, 0.29) is 4.90 Å². The van der Waals surface area contributed by atoms with E-state index in [1.807, 2.05) is 13.0 Å². The van der Waals surface area contributed by atoms with Gasteiger partial charge in [0.15, 0.2) is 0 Å². The van der Waals surface area contributed by atoms with Gasteiger partial charge in [0.1, 0.15) is 11.5 Å². The van der Waals surface area contributed by atoms with Gasteiger partial charge in [-0.3, -0.25) is 4.79 Å². The van der Waals surface area contributed by atoms with Gasteiger partial charge in [-0.2, -0.15) is 4.72 Å². The van der Waals surface area contributed by atoms with E-state index in [1.165, 1.54) is 33.3 Å². The summed E-state index contributed by atoms with van der Waals surface area (Å²) in [5.41, 5.74) is 2.10. The number of amides is 1. The molecule has 0 saturated heterocycles. The van der Waals surface area contributed by atoms with Crippen LogP contribution >= 0.6 is 0 Å². The standard InChI is InChI=1S/C19H24N2O5S/c1-12-6-8-18(26-5)16(10-12)20-19(22)14(3)21-27(23,24)15-7-9-17(25-4)13(2)11-15/h6-11,14,21H,1-5H3,(H,20,22). The first-order valence-electron chi connectivity index (χ1n) is 8.30. The molecule has 0 spiro atoms. The van der Waals surface area contributed by atoms with Crippen molar-refractivity contribution < 1.29 is 22.7 Å². The first kappa shape index (κ1) is 20.7. The molecule has 0 aromatic heterocycles. The minimum Gasteiger partial charge on any atom is -0.496 e. The van der Waals surface area contributed by atoms with Gasteiger partial charge in [0, 0.05) is 0 Å². The third kappa shape index (κ3) is 4.99. The zero-order valence-corrected chi connectivity index (χ0v) is 16.8. The van der Waals surface area contributed by atoms with Crippen molar-refractivity contribution in [1.82, 2.24) is 4.72 Å². The van der Waals surface area contributed by atoms with Crippen molar-refractivity contribution in [3.63, 3.8) is 0 Å². The lowest BCUT2D eigenvalue weighted by Gasteiger charge is -2.17. The molecular weight excluding hydrogens is 368 g/mol. The summed E-state index contributed by atoms with van der Waals surface area (Å²) in [5.74, 6) is 0.591. The van der Waals surface area contributed by atoms with E-state index in [1.54, 1.807) is 25.1 Å². The average Bonchev–Trinajstić information content (AvgIpc) is 2.61. The number of rotatable bonds is 7. The van der Waals surface area contributed by atoms with Crippen LogP contribution in [0.15, 0.2) is 41.3 Å². The number of hydrogen-bond donors (Lipinski definition) is 2. The molecule has 2 N–H and O–H groups in total. The summed E-state index contributed by atoms with van der Waals surface area (Å²) in [6, 6.07) is 8.86. The molecule has 0 heterocycles. The van der Waals surface area contributed by atoms with Crippen LogP contribution in [0, 0.1) is 13.8 Å². The fraction of sp³-hybridized carbons (Fsp3) is 0.316. The molecule has 8 heteroatoms. The Bertz CT molecular complexity index is 941. The van der Waals surface area contributed by atoms with E-state index >= 15 is 0 Å². The van der Waals surface area contributed by atoms with Crippen LogP contribution in [0.4, 0.5) is 5.69 Å². The normalized spacial score (nSPS) is 12.3. The van der Waals surface area contributed by atoms with Gasteiger partial charge >= 0.3 is 0 Å². The lowest BCUT2D eigenvalue weighted by atomic mass is 10.2. The SMILES string of the molecule is COc1ccc(S(=O)(=O)NC(C)C(=O)Nc2cc(C)ccc2OC)cc1C. The summed E-state index contributed by atoms with van der Waals surface area (Å²) < 4.78 is 37.9. The fourth-order valence-electron chi connectivity index (χ4n) is 2.53. The van der Waals surface area contributed by atoms with Crippen molar-refractivity contribution in [3.05, 3.63) is 47.5 Å². The minimum absolute atomic E-state index is 0.0635. The molecule has 0 fully saturated rings. The van der Waals surface area contributed by atoms with Gasteiger partial charge < -0.3 is 14.8 Å². The van der Waals surface area contributed by atoms with Crippen LogP contribution in [0.1, 0.15) is 18.1 Å². The molecule has 1 amide bonds. The van der Waals surface area contributed by atoms with Gasteiger partial charge in [-0.25, -0.2) is 8.42 Å². The molecule has 2 rings (SSSR count).